The van der Waals surface area contributed by atoms with Gasteiger partial charge in [0.25, 0.3) is 5.91 Å². The molecular formula is C18H20N6O. The maximum Gasteiger partial charge on any atom is 0.272 e. The second kappa shape index (κ2) is 6.90. The topological polar surface area (TPSA) is 87.6 Å². The van der Waals surface area contributed by atoms with Gasteiger partial charge in [0.15, 0.2) is 5.69 Å². The molecule has 1 aliphatic rings. The fraction of sp³-hybridized carbons (Fsp3) is 0.278. The van der Waals surface area contributed by atoms with Crippen LogP contribution < -0.4 is 10.6 Å². The van der Waals surface area contributed by atoms with Crippen molar-refractivity contribution in [3.05, 3.63) is 65.2 Å². The fourth-order valence-electron chi connectivity index (χ4n) is 3.03. The lowest BCUT2D eigenvalue weighted by Gasteiger charge is -2.12. The lowest BCUT2D eigenvalue weighted by atomic mass is 10.1. The quantitative estimate of drug-likeness (QED) is 0.654. The number of hydrogen-bond donors (Lipinski definition) is 3. The minimum absolute atomic E-state index is 0.128. The summed E-state index contributed by atoms with van der Waals surface area (Å²) in [5.74, 6) is -0.128. The zero-order valence-electron chi connectivity index (χ0n) is 13.8. The van der Waals surface area contributed by atoms with E-state index in [9.17, 15) is 4.79 Å². The minimum atomic E-state index is -0.128. The maximum atomic E-state index is 12.4. The van der Waals surface area contributed by atoms with Crippen molar-refractivity contribution in [2.24, 2.45) is 0 Å². The molecule has 0 radical (unpaired) electrons. The lowest BCUT2D eigenvalue weighted by Crippen LogP contribution is -2.29. The summed E-state index contributed by atoms with van der Waals surface area (Å²) in [6, 6.07) is 9.96. The van der Waals surface area contributed by atoms with Gasteiger partial charge in [-0.25, -0.2) is 4.68 Å². The number of nitrogens with one attached hydrogen (secondary N) is 3. The number of aromatic amines is 1. The molecule has 0 unspecified atom stereocenters. The van der Waals surface area contributed by atoms with Gasteiger partial charge in [-0.2, -0.15) is 10.2 Å². The van der Waals surface area contributed by atoms with Crippen LogP contribution in [-0.4, -0.2) is 39.0 Å². The van der Waals surface area contributed by atoms with Crippen molar-refractivity contribution in [3.8, 4) is 5.69 Å². The van der Waals surface area contributed by atoms with E-state index < -0.39 is 0 Å². The number of carbonyl (C=O) groups is 1. The molecule has 0 fully saturated rings. The van der Waals surface area contributed by atoms with Gasteiger partial charge in [-0.05, 0) is 24.1 Å². The van der Waals surface area contributed by atoms with Crippen LogP contribution in [0.2, 0.25) is 0 Å². The van der Waals surface area contributed by atoms with Crippen LogP contribution >= 0.6 is 0 Å². The molecule has 3 heterocycles. The molecule has 0 spiro atoms. The average Bonchev–Trinajstić information content (AvgIpc) is 3.29. The largest absolute Gasteiger partial charge is 0.350 e. The van der Waals surface area contributed by atoms with Gasteiger partial charge in [0.05, 0.1) is 11.9 Å². The molecule has 0 bridgehead atoms. The molecule has 3 aromatic rings. The lowest BCUT2D eigenvalue weighted by molar-refractivity contribution is 0.0948. The van der Waals surface area contributed by atoms with Crippen LogP contribution in [0.1, 0.15) is 27.3 Å². The molecule has 25 heavy (non-hydrogen) atoms. The normalized spacial score (nSPS) is 13.4. The number of H-pyrrole nitrogens is 1. The predicted octanol–water partition coefficient (Wildman–Crippen LogP) is 1.21. The third-order valence-corrected chi connectivity index (χ3v) is 4.38. The Kier molecular flexibility index (Phi) is 4.30. The second-order valence-electron chi connectivity index (χ2n) is 6.09. The summed E-state index contributed by atoms with van der Waals surface area (Å²) in [6.07, 6.45) is 5.43. The van der Waals surface area contributed by atoms with Gasteiger partial charge >= 0.3 is 0 Å². The van der Waals surface area contributed by atoms with Crippen LogP contribution in [-0.2, 0) is 19.4 Å². The molecule has 4 rings (SSSR count). The maximum absolute atomic E-state index is 12.4. The fourth-order valence-corrected chi connectivity index (χ4v) is 3.03. The number of carbonyl (C=O) groups excluding carboxylic acids is 1. The number of nitrogens with zero attached hydrogens (tertiary/aromatic N) is 3. The summed E-state index contributed by atoms with van der Waals surface area (Å²) >= 11 is 0. The third-order valence-electron chi connectivity index (χ3n) is 4.38. The van der Waals surface area contributed by atoms with E-state index in [1.807, 2.05) is 47.4 Å². The molecule has 128 valence electrons. The Hall–Kier alpha value is -2.93. The van der Waals surface area contributed by atoms with E-state index in [1.54, 1.807) is 0 Å². The van der Waals surface area contributed by atoms with Crippen LogP contribution in [0.15, 0.2) is 42.7 Å². The molecule has 0 saturated carbocycles. The Balaban J connectivity index is 1.34. The summed E-state index contributed by atoms with van der Waals surface area (Å²) < 4.78 is 1.84. The van der Waals surface area contributed by atoms with Crippen LogP contribution in [0, 0.1) is 0 Å². The Morgan fingerprint density at radius 1 is 1.28 bits per heavy atom. The van der Waals surface area contributed by atoms with Crippen molar-refractivity contribution < 1.29 is 4.79 Å². The number of benzene rings is 1. The Morgan fingerprint density at radius 2 is 2.16 bits per heavy atom. The van der Waals surface area contributed by atoms with E-state index in [0.717, 1.165) is 41.9 Å². The number of aromatic nitrogens is 4. The molecule has 7 heteroatoms. The highest BCUT2D eigenvalue weighted by Gasteiger charge is 2.21. The highest BCUT2D eigenvalue weighted by atomic mass is 16.1. The molecule has 3 N–H and O–H groups in total. The van der Waals surface area contributed by atoms with Gasteiger partial charge in [-0.3, -0.25) is 9.89 Å². The minimum Gasteiger partial charge on any atom is -0.350 e. The van der Waals surface area contributed by atoms with Gasteiger partial charge in [0.1, 0.15) is 0 Å². The van der Waals surface area contributed by atoms with E-state index in [1.165, 1.54) is 0 Å². The highest BCUT2D eigenvalue weighted by Crippen LogP contribution is 2.15. The van der Waals surface area contributed by atoms with Crippen molar-refractivity contribution in [2.75, 3.05) is 13.1 Å². The van der Waals surface area contributed by atoms with E-state index in [4.69, 9.17) is 0 Å². The van der Waals surface area contributed by atoms with Crippen LogP contribution in [0.4, 0.5) is 0 Å². The van der Waals surface area contributed by atoms with E-state index >= 15 is 0 Å². The van der Waals surface area contributed by atoms with Crippen LogP contribution in [0.3, 0.4) is 0 Å². The van der Waals surface area contributed by atoms with Gasteiger partial charge in [0.2, 0.25) is 0 Å². The standard InChI is InChI=1S/C18H20N6O/c25-18(17-15-11-19-8-7-16(15)22-23-17)20-9-6-13-10-21-24(12-13)14-4-2-1-3-5-14/h1-5,10,12,19H,6-9,11H2,(H,20,25)(H,22,23). The molecule has 1 amide bonds. The Labute approximate surface area is 145 Å². The van der Waals surface area contributed by atoms with Crippen molar-refractivity contribution in [1.29, 1.82) is 0 Å². The first kappa shape index (κ1) is 15.6. The summed E-state index contributed by atoms with van der Waals surface area (Å²) in [7, 11) is 0. The Bertz CT molecular complexity index is 867. The van der Waals surface area contributed by atoms with E-state index in [2.05, 4.69) is 25.9 Å². The summed E-state index contributed by atoms with van der Waals surface area (Å²) in [4.78, 5) is 12.4. The van der Waals surface area contributed by atoms with Crippen molar-refractivity contribution >= 4 is 5.91 Å². The summed E-state index contributed by atoms with van der Waals surface area (Å²) in [6.45, 7) is 2.16. The zero-order valence-corrected chi connectivity index (χ0v) is 13.8. The predicted molar refractivity (Wildman–Crippen MR) is 93.6 cm³/mol. The summed E-state index contributed by atoms with van der Waals surface area (Å²) in [5.41, 5.74) is 4.65. The molecule has 0 aliphatic carbocycles. The zero-order chi connectivity index (χ0) is 17.1. The van der Waals surface area contributed by atoms with Gasteiger partial charge in [-0.1, -0.05) is 18.2 Å². The molecule has 2 aromatic heterocycles. The number of para-hydroxylation sites is 1. The molecular weight excluding hydrogens is 316 g/mol. The Morgan fingerprint density at radius 3 is 3.04 bits per heavy atom. The van der Waals surface area contributed by atoms with Crippen molar-refractivity contribution in [2.45, 2.75) is 19.4 Å². The van der Waals surface area contributed by atoms with Crippen molar-refractivity contribution in [1.82, 2.24) is 30.6 Å². The number of rotatable bonds is 5. The first-order chi connectivity index (χ1) is 12.3. The average molecular weight is 336 g/mol. The molecule has 7 nitrogen and oxygen atoms in total. The smallest absolute Gasteiger partial charge is 0.272 e. The monoisotopic (exact) mass is 336 g/mol. The number of hydrogen-bond acceptors (Lipinski definition) is 4. The first-order valence-corrected chi connectivity index (χ1v) is 8.45. The SMILES string of the molecule is O=C(NCCc1cnn(-c2ccccc2)c1)c1n[nH]c2c1CNCC2. The van der Waals surface area contributed by atoms with Crippen molar-refractivity contribution in [3.63, 3.8) is 0 Å². The second-order valence-corrected chi connectivity index (χ2v) is 6.09. The third kappa shape index (κ3) is 3.32. The molecule has 0 atom stereocenters. The summed E-state index contributed by atoms with van der Waals surface area (Å²) in [5, 5.41) is 17.7. The van der Waals surface area contributed by atoms with E-state index in [0.29, 0.717) is 18.8 Å². The van der Waals surface area contributed by atoms with E-state index in [-0.39, 0.29) is 5.91 Å². The molecule has 0 saturated heterocycles. The number of amides is 1. The van der Waals surface area contributed by atoms with Gasteiger partial charge < -0.3 is 10.6 Å². The first-order valence-electron chi connectivity index (χ1n) is 8.45. The van der Waals surface area contributed by atoms with Gasteiger partial charge in [0, 0.05) is 43.5 Å². The number of fused-ring (bicyclic) bond motifs is 1. The highest BCUT2D eigenvalue weighted by molar-refractivity contribution is 5.94. The molecule has 1 aliphatic heterocycles. The van der Waals surface area contributed by atoms with Crippen LogP contribution in [0.25, 0.3) is 5.69 Å². The van der Waals surface area contributed by atoms with Gasteiger partial charge in [-0.15, -0.1) is 0 Å². The molecule has 1 aromatic carbocycles. The van der Waals surface area contributed by atoms with Crippen LogP contribution in [0.5, 0.6) is 0 Å².